The highest BCUT2D eigenvalue weighted by molar-refractivity contribution is 5.93. The lowest BCUT2D eigenvalue weighted by molar-refractivity contribution is 0.326. The molecule has 0 saturated carbocycles. The number of aryl methyl sites for hydroxylation is 2. The molecule has 0 spiro atoms. The van der Waals surface area contributed by atoms with Crippen LogP contribution in [-0.4, -0.2) is 43.1 Å². The zero-order valence-electron chi connectivity index (χ0n) is 18.7. The molecule has 1 saturated heterocycles. The molecule has 0 aliphatic carbocycles. The molecule has 0 aromatic carbocycles. The average Bonchev–Trinajstić information content (AvgIpc) is 3.41. The van der Waals surface area contributed by atoms with Crippen molar-refractivity contribution >= 4 is 16.7 Å². The molecule has 6 nitrogen and oxygen atoms in total. The van der Waals surface area contributed by atoms with Crippen LogP contribution in [0.25, 0.3) is 39.2 Å². The maximum absolute atomic E-state index is 4.60. The summed E-state index contributed by atoms with van der Waals surface area (Å²) in [4.78, 5) is 14.9. The summed E-state index contributed by atoms with van der Waals surface area (Å²) in [6.07, 6.45) is 13.4. The smallest absolute Gasteiger partial charge is 0.181 e. The number of H-pyrrole nitrogens is 2. The van der Waals surface area contributed by atoms with Gasteiger partial charge in [-0.15, -0.1) is 0 Å². The van der Waals surface area contributed by atoms with E-state index in [0.29, 0.717) is 5.65 Å². The van der Waals surface area contributed by atoms with Crippen LogP contribution < -0.4 is 0 Å². The molecule has 4 aromatic heterocycles. The van der Waals surface area contributed by atoms with E-state index in [-0.39, 0.29) is 0 Å². The van der Waals surface area contributed by atoms with Gasteiger partial charge in [0.1, 0.15) is 0 Å². The van der Waals surface area contributed by atoms with Gasteiger partial charge in [0.25, 0.3) is 0 Å². The summed E-state index contributed by atoms with van der Waals surface area (Å²) in [6, 6.07) is 6.38. The first-order valence-corrected chi connectivity index (χ1v) is 11.2. The Bertz CT molecular complexity index is 1300. The van der Waals surface area contributed by atoms with Gasteiger partial charge in [-0.2, -0.15) is 5.10 Å². The normalized spacial score (nSPS) is 14.8. The quantitative estimate of drug-likeness (QED) is 0.406. The number of nitrogens with one attached hydrogen (secondary N) is 2. The molecule has 0 bridgehead atoms. The highest BCUT2D eigenvalue weighted by Gasteiger charge is 2.20. The number of allylic oxidation sites excluding steroid dienone is 2. The standard InChI is InChI=1S/C26H28N6/c1-4-8-24(32-11-6-5-7-12-32)20-14-23(29-18(20)3)25-21-13-19(15-28-26(21)31-30-25)22-16-27-10-9-17(22)2/h4,8-10,13-16,29H,1,5-7,11-12H2,2-3H3,(H,28,30,31)/b24-8+. The van der Waals surface area contributed by atoms with Crippen molar-refractivity contribution in [2.24, 2.45) is 0 Å². The molecule has 0 radical (unpaired) electrons. The summed E-state index contributed by atoms with van der Waals surface area (Å²) in [6.45, 7) is 10.3. The fraction of sp³-hybridized carbons (Fsp3) is 0.269. The number of pyridine rings is 2. The van der Waals surface area contributed by atoms with E-state index in [1.165, 1.54) is 36.1 Å². The third-order valence-electron chi connectivity index (χ3n) is 6.29. The van der Waals surface area contributed by atoms with Gasteiger partial charge in [0, 0.05) is 65.1 Å². The third kappa shape index (κ3) is 3.62. The second-order valence-electron chi connectivity index (χ2n) is 8.44. The molecule has 5 rings (SSSR count). The van der Waals surface area contributed by atoms with Crippen molar-refractivity contribution in [2.45, 2.75) is 33.1 Å². The predicted molar refractivity (Wildman–Crippen MR) is 130 cm³/mol. The molecule has 4 aromatic rings. The van der Waals surface area contributed by atoms with Crippen LogP contribution in [0.3, 0.4) is 0 Å². The van der Waals surface area contributed by atoms with E-state index in [9.17, 15) is 0 Å². The van der Waals surface area contributed by atoms with E-state index < -0.39 is 0 Å². The lowest BCUT2D eigenvalue weighted by atomic mass is 10.0. The predicted octanol–water partition coefficient (Wildman–Crippen LogP) is 5.64. The molecule has 32 heavy (non-hydrogen) atoms. The van der Waals surface area contributed by atoms with Crippen LogP contribution in [0.5, 0.6) is 0 Å². The number of hydrogen-bond donors (Lipinski definition) is 2. The molecule has 162 valence electrons. The fourth-order valence-corrected chi connectivity index (χ4v) is 4.59. The number of aromatic nitrogens is 5. The molecule has 5 heterocycles. The van der Waals surface area contributed by atoms with Gasteiger partial charge in [-0.1, -0.05) is 12.7 Å². The van der Waals surface area contributed by atoms with Crippen LogP contribution in [0.2, 0.25) is 0 Å². The summed E-state index contributed by atoms with van der Waals surface area (Å²) in [7, 11) is 0. The van der Waals surface area contributed by atoms with E-state index in [0.717, 1.165) is 46.7 Å². The van der Waals surface area contributed by atoms with Crippen LogP contribution in [0.1, 0.15) is 36.1 Å². The van der Waals surface area contributed by atoms with Gasteiger partial charge in [0.2, 0.25) is 0 Å². The first-order chi connectivity index (χ1) is 15.7. The van der Waals surface area contributed by atoms with E-state index in [1.807, 2.05) is 30.7 Å². The van der Waals surface area contributed by atoms with Crippen molar-refractivity contribution in [3.63, 3.8) is 0 Å². The van der Waals surface area contributed by atoms with Crippen LogP contribution in [0, 0.1) is 13.8 Å². The number of fused-ring (bicyclic) bond motifs is 1. The van der Waals surface area contributed by atoms with E-state index in [1.54, 1.807) is 0 Å². The number of likely N-dealkylation sites (tertiary alicyclic amines) is 1. The summed E-state index contributed by atoms with van der Waals surface area (Å²) >= 11 is 0. The number of piperidine rings is 1. The van der Waals surface area contributed by atoms with Crippen molar-refractivity contribution < 1.29 is 0 Å². The number of nitrogens with zero attached hydrogens (tertiary/aromatic N) is 4. The van der Waals surface area contributed by atoms with Crippen LogP contribution in [-0.2, 0) is 0 Å². The van der Waals surface area contributed by atoms with Crippen molar-refractivity contribution in [3.05, 3.63) is 72.3 Å². The zero-order chi connectivity index (χ0) is 22.1. The minimum atomic E-state index is 0.706. The van der Waals surface area contributed by atoms with Gasteiger partial charge in [0.05, 0.1) is 11.4 Å². The molecule has 0 unspecified atom stereocenters. The summed E-state index contributed by atoms with van der Waals surface area (Å²) in [5, 5.41) is 8.64. The summed E-state index contributed by atoms with van der Waals surface area (Å²) in [5.41, 5.74) is 9.52. The Morgan fingerprint density at radius 3 is 2.75 bits per heavy atom. The van der Waals surface area contributed by atoms with Gasteiger partial charge in [0.15, 0.2) is 5.65 Å². The van der Waals surface area contributed by atoms with Crippen molar-refractivity contribution in [1.29, 1.82) is 0 Å². The number of hydrogen-bond acceptors (Lipinski definition) is 4. The lowest BCUT2D eigenvalue weighted by Gasteiger charge is -2.31. The fourth-order valence-electron chi connectivity index (χ4n) is 4.59. The average molecular weight is 425 g/mol. The Morgan fingerprint density at radius 2 is 1.97 bits per heavy atom. The Hall–Kier alpha value is -3.67. The molecule has 0 atom stereocenters. The maximum Gasteiger partial charge on any atom is 0.181 e. The van der Waals surface area contributed by atoms with Crippen LogP contribution in [0.15, 0.2) is 55.5 Å². The Morgan fingerprint density at radius 1 is 1.12 bits per heavy atom. The third-order valence-corrected chi connectivity index (χ3v) is 6.29. The molecular weight excluding hydrogens is 396 g/mol. The number of rotatable bonds is 5. The highest BCUT2D eigenvalue weighted by Crippen LogP contribution is 2.33. The second-order valence-corrected chi connectivity index (χ2v) is 8.44. The molecule has 1 aliphatic heterocycles. The Labute approximate surface area is 188 Å². The van der Waals surface area contributed by atoms with Crippen LogP contribution in [0.4, 0.5) is 0 Å². The monoisotopic (exact) mass is 424 g/mol. The Kier molecular flexibility index (Phi) is 5.35. The van der Waals surface area contributed by atoms with Gasteiger partial charge in [-0.25, -0.2) is 4.98 Å². The van der Waals surface area contributed by atoms with E-state index in [4.69, 9.17) is 0 Å². The molecule has 0 amide bonds. The first kappa shape index (κ1) is 20.2. The van der Waals surface area contributed by atoms with E-state index >= 15 is 0 Å². The molecule has 1 fully saturated rings. The first-order valence-electron chi connectivity index (χ1n) is 11.2. The summed E-state index contributed by atoms with van der Waals surface area (Å²) in [5.74, 6) is 0. The minimum absolute atomic E-state index is 0.706. The SMILES string of the molecule is C=C/C=C(\c1cc(-c2[nH]nc3ncc(-c4cnccc4C)cc23)[nH]c1C)N1CCCCC1. The molecular formula is C26H28N6. The molecule has 6 heteroatoms. The van der Waals surface area contributed by atoms with Crippen molar-refractivity contribution in [1.82, 2.24) is 30.0 Å². The second kappa shape index (κ2) is 8.46. The van der Waals surface area contributed by atoms with Gasteiger partial charge in [-0.3, -0.25) is 10.1 Å². The van der Waals surface area contributed by atoms with Gasteiger partial charge >= 0.3 is 0 Å². The maximum atomic E-state index is 4.60. The van der Waals surface area contributed by atoms with Gasteiger partial charge in [-0.05, 0) is 62.9 Å². The van der Waals surface area contributed by atoms with Crippen molar-refractivity contribution in [2.75, 3.05) is 13.1 Å². The zero-order valence-corrected chi connectivity index (χ0v) is 18.7. The largest absolute Gasteiger partial charge is 0.371 e. The lowest BCUT2D eigenvalue weighted by Crippen LogP contribution is -2.28. The van der Waals surface area contributed by atoms with Crippen LogP contribution >= 0.6 is 0 Å². The highest BCUT2D eigenvalue weighted by atomic mass is 15.2. The molecule has 2 N–H and O–H groups in total. The number of aromatic amines is 2. The summed E-state index contributed by atoms with van der Waals surface area (Å²) < 4.78 is 0. The van der Waals surface area contributed by atoms with E-state index in [2.05, 4.69) is 68.7 Å². The van der Waals surface area contributed by atoms with Crippen molar-refractivity contribution in [3.8, 4) is 22.5 Å². The Balaban J connectivity index is 1.57. The van der Waals surface area contributed by atoms with Gasteiger partial charge < -0.3 is 9.88 Å². The minimum Gasteiger partial charge on any atom is -0.371 e. The molecule has 1 aliphatic rings. The topological polar surface area (TPSA) is 73.5 Å².